The van der Waals surface area contributed by atoms with E-state index in [1.54, 1.807) is 55.4 Å². The Morgan fingerprint density at radius 1 is 0.712 bits per heavy atom. The largest absolute Gasteiger partial charge is 0.480 e. The number of carbonyl (C=O) groups is 4. The lowest BCUT2D eigenvalue weighted by Crippen LogP contribution is -2.46. The third-order valence-corrected chi connectivity index (χ3v) is 11.0. The first kappa shape index (κ1) is 59.8. The Morgan fingerprint density at radius 3 is 1.70 bits per heavy atom. The van der Waals surface area contributed by atoms with Crippen molar-refractivity contribution in [3.63, 3.8) is 0 Å². The van der Waals surface area contributed by atoms with Crippen LogP contribution in [0.3, 0.4) is 0 Å². The van der Waals surface area contributed by atoms with Crippen LogP contribution in [0, 0.1) is 5.92 Å². The van der Waals surface area contributed by atoms with Crippen LogP contribution in [-0.2, 0) is 83.4 Å². The first-order valence-electron chi connectivity index (χ1n) is 24.9. The standard InChI is InChI=1S/C29H38O7.C28H39NO8/c1-21-27(34-19-23-13-9-6-10-14-23)25(33-18-22-11-7-5-8-12-22)15-16-32-20-24(28(31)35-21)17-26(30)36-29(2,3)4;1-20(30)25(36-18-22-13-9-6-10-14-22)24(35-17-21-11-7-5-8-12-21)15-16-34-19-23(26(31)32)29-27(33)37-28(2,3)4/h5-14,21,24-25,27H,15-20H2,1-4H3;5-14,20,23-25,30H,15-19H2,1-4H3,(H,29,33)(H,31,32)/t21-,24-,25-,27-;20-,23?,24-,25-/m00/s1. The predicted molar refractivity (Wildman–Crippen MR) is 273 cm³/mol. The van der Waals surface area contributed by atoms with E-state index in [-0.39, 0.29) is 32.3 Å². The fourth-order valence-corrected chi connectivity index (χ4v) is 7.47. The lowest BCUT2D eigenvalue weighted by Gasteiger charge is -2.33. The topological polar surface area (TPSA) is 204 Å². The molecule has 4 aromatic rings. The van der Waals surface area contributed by atoms with Crippen LogP contribution < -0.4 is 5.32 Å². The summed E-state index contributed by atoms with van der Waals surface area (Å²) in [6, 6.07) is 37.7. The molecule has 16 nitrogen and oxygen atoms in total. The Kier molecular flexibility index (Phi) is 25.5. The average Bonchev–Trinajstić information content (AvgIpc) is 3.33. The molecule has 0 aliphatic carbocycles. The van der Waals surface area contributed by atoms with Gasteiger partial charge in [0, 0.05) is 13.2 Å². The smallest absolute Gasteiger partial charge is 0.408 e. The molecular formula is C57H77NO15. The number of alkyl carbamates (subject to hydrolysis) is 1. The molecule has 1 saturated heterocycles. The molecule has 1 aliphatic rings. The molecule has 1 unspecified atom stereocenters. The Labute approximate surface area is 430 Å². The van der Waals surface area contributed by atoms with E-state index in [1.165, 1.54) is 0 Å². The highest BCUT2D eigenvalue weighted by atomic mass is 16.6. The van der Waals surface area contributed by atoms with Crippen LogP contribution in [0.15, 0.2) is 121 Å². The molecule has 3 N–H and O–H groups in total. The lowest BCUT2D eigenvalue weighted by molar-refractivity contribution is -0.184. The van der Waals surface area contributed by atoms with E-state index >= 15 is 0 Å². The van der Waals surface area contributed by atoms with Crippen molar-refractivity contribution in [2.75, 3.05) is 26.4 Å². The van der Waals surface area contributed by atoms with E-state index in [0.29, 0.717) is 45.9 Å². The summed E-state index contributed by atoms with van der Waals surface area (Å²) in [5, 5.41) is 22.2. The molecule has 1 aliphatic heterocycles. The Bertz CT molecular complexity index is 2180. The summed E-state index contributed by atoms with van der Waals surface area (Å²) < 4.78 is 52.5. The summed E-state index contributed by atoms with van der Waals surface area (Å²) in [6.45, 7) is 15.5. The number of carbonyl (C=O) groups excluding carboxylic acids is 3. The van der Waals surface area contributed by atoms with Gasteiger partial charge in [0.05, 0.1) is 70.3 Å². The van der Waals surface area contributed by atoms with Crippen molar-refractivity contribution in [3.05, 3.63) is 144 Å². The number of nitrogens with one attached hydrogen (secondary N) is 1. The second-order valence-electron chi connectivity index (χ2n) is 19.8. The molecule has 1 heterocycles. The molecule has 73 heavy (non-hydrogen) atoms. The van der Waals surface area contributed by atoms with E-state index in [4.69, 9.17) is 42.6 Å². The van der Waals surface area contributed by atoms with Crippen LogP contribution in [0.1, 0.15) is 96.9 Å². The van der Waals surface area contributed by atoms with Crippen LogP contribution in [0.4, 0.5) is 4.79 Å². The summed E-state index contributed by atoms with van der Waals surface area (Å²) >= 11 is 0. The zero-order valence-electron chi connectivity index (χ0n) is 43.6. The monoisotopic (exact) mass is 1020 g/mol. The molecule has 1 amide bonds. The van der Waals surface area contributed by atoms with Crippen LogP contribution in [0.5, 0.6) is 0 Å². The molecule has 0 bridgehead atoms. The number of aliphatic carboxylic acids is 1. The molecule has 400 valence electrons. The number of amides is 1. The van der Waals surface area contributed by atoms with Gasteiger partial charge in [-0.25, -0.2) is 9.59 Å². The van der Waals surface area contributed by atoms with Crippen molar-refractivity contribution in [2.24, 2.45) is 5.92 Å². The highest BCUT2D eigenvalue weighted by Gasteiger charge is 2.36. The number of rotatable bonds is 23. The third-order valence-electron chi connectivity index (χ3n) is 11.0. The summed E-state index contributed by atoms with van der Waals surface area (Å²) in [4.78, 5) is 49.0. The number of benzene rings is 4. The Morgan fingerprint density at radius 2 is 1.21 bits per heavy atom. The van der Waals surface area contributed by atoms with E-state index in [9.17, 15) is 29.4 Å². The van der Waals surface area contributed by atoms with Crippen molar-refractivity contribution in [1.29, 1.82) is 0 Å². The van der Waals surface area contributed by atoms with Gasteiger partial charge in [-0.1, -0.05) is 121 Å². The van der Waals surface area contributed by atoms with Crippen molar-refractivity contribution >= 4 is 24.0 Å². The molecule has 1 fully saturated rings. The second kappa shape index (κ2) is 31.1. The van der Waals surface area contributed by atoms with Gasteiger partial charge in [0.2, 0.25) is 0 Å². The minimum Gasteiger partial charge on any atom is -0.480 e. The maximum Gasteiger partial charge on any atom is 0.408 e. The van der Waals surface area contributed by atoms with E-state index in [1.807, 2.05) is 121 Å². The Hall–Kier alpha value is -5.72. The average molecular weight is 1020 g/mol. The number of hydrogen-bond acceptors (Lipinski definition) is 14. The number of aliphatic hydroxyl groups is 1. The van der Waals surface area contributed by atoms with Crippen molar-refractivity contribution < 1.29 is 72.0 Å². The maximum absolute atomic E-state index is 13.0. The fraction of sp³-hybridized carbons (Fsp3) is 0.509. The van der Waals surface area contributed by atoms with Crippen LogP contribution in [-0.4, -0.2) is 115 Å². The number of ether oxygens (including phenoxy) is 9. The number of carboxylic acids is 1. The summed E-state index contributed by atoms with van der Waals surface area (Å²) in [7, 11) is 0. The van der Waals surface area contributed by atoms with Gasteiger partial charge >= 0.3 is 24.0 Å². The van der Waals surface area contributed by atoms with Crippen LogP contribution >= 0.6 is 0 Å². The molecule has 0 radical (unpaired) electrons. The molecule has 0 aromatic heterocycles. The molecule has 16 heteroatoms. The van der Waals surface area contributed by atoms with Gasteiger partial charge in [0.25, 0.3) is 0 Å². The van der Waals surface area contributed by atoms with Crippen LogP contribution in [0.25, 0.3) is 0 Å². The number of carboxylic acid groups (broad SMARTS) is 1. The minimum absolute atomic E-state index is 0.0751. The van der Waals surface area contributed by atoms with Gasteiger partial charge in [-0.05, 0) is 90.5 Å². The first-order chi connectivity index (χ1) is 34.8. The quantitative estimate of drug-likeness (QED) is 0.0361. The third kappa shape index (κ3) is 24.2. The van der Waals surface area contributed by atoms with Gasteiger partial charge in [-0.3, -0.25) is 9.59 Å². The van der Waals surface area contributed by atoms with Crippen molar-refractivity contribution in [2.45, 2.75) is 155 Å². The van der Waals surface area contributed by atoms with E-state index in [0.717, 1.165) is 22.3 Å². The normalized spacial score (nSPS) is 19.1. The molecule has 5 rings (SSSR count). The highest BCUT2D eigenvalue weighted by Crippen LogP contribution is 2.24. The summed E-state index contributed by atoms with van der Waals surface area (Å²) in [5.74, 6) is -2.96. The lowest BCUT2D eigenvalue weighted by atomic mass is 10.0. The molecule has 0 saturated carbocycles. The SMILES string of the molecule is C[C@@H]1OC(=O)[C@@H](CC(=O)OC(C)(C)C)COCC[C@H](OCc2ccccc2)[C@H]1OCc1ccccc1.C[C@H](O)[C@H](OCc1ccccc1)[C@H](CCOCC(NC(=O)OC(C)(C)C)C(=O)O)OCc1ccccc1. The summed E-state index contributed by atoms with van der Waals surface area (Å²) in [6.07, 6.45) is -3.56. The van der Waals surface area contributed by atoms with Gasteiger partial charge < -0.3 is 58.2 Å². The minimum atomic E-state index is -1.28. The number of cyclic esters (lactones) is 1. The van der Waals surface area contributed by atoms with Gasteiger partial charge in [0.15, 0.2) is 6.04 Å². The fourth-order valence-electron chi connectivity index (χ4n) is 7.47. The first-order valence-corrected chi connectivity index (χ1v) is 24.9. The predicted octanol–water partition coefficient (Wildman–Crippen LogP) is 8.78. The molecule has 4 aromatic carbocycles. The van der Waals surface area contributed by atoms with E-state index < -0.39 is 77.7 Å². The number of hydrogen-bond donors (Lipinski definition) is 3. The highest BCUT2D eigenvalue weighted by molar-refractivity contribution is 5.81. The molecule has 8 atom stereocenters. The van der Waals surface area contributed by atoms with E-state index in [2.05, 4.69) is 5.32 Å². The van der Waals surface area contributed by atoms with Gasteiger partial charge in [0.1, 0.15) is 29.5 Å². The molecular weight excluding hydrogens is 939 g/mol. The number of aliphatic hydroxyl groups excluding tert-OH is 1. The zero-order chi connectivity index (χ0) is 53.2. The van der Waals surface area contributed by atoms with Crippen molar-refractivity contribution in [3.8, 4) is 0 Å². The molecule has 0 spiro atoms. The maximum atomic E-state index is 13.0. The van der Waals surface area contributed by atoms with Gasteiger partial charge in [-0.15, -0.1) is 0 Å². The van der Waals surface area contributed by atoms with Crippen molar-refractivity contribution in [1.82, 2.24) is 5.32 Å². The second-order valence-corrected chi connectivity index (χ2v) is 19.8. The summed E-state index contributed by atoms with van der Waals surface area (Å²) in [5.41, 5.74) is 2.59. The zero-order valence-corrected chi connectivity index (χ0v) is 43.6. The van der Waals surface area contributed by atoms with Gasteiger partial charge in [-0.2, -0.15) is 0 Å². The van der Waals surface area contributed by atoms with Crippen LogP contribution in [0.2, 0.25) is 0 Å². The Balaban J connectivity index is 0.000000317. The number of esters is 2.